The number of amides is 1. The first kappa shape index (κ1) is 15.6. The van der Waals surface area contributed by atoms with E-state index in [1.165, 1.54) is 6.07 Å². The average Bonchev–Trinajstić information content (AvgIpc) is 3.20. The fourth-order valence-corrected chi connectivity index (χ4v) is 4.22. The zero-order chi connectivity index (χ0) is 17.7. The van der Waals surface area contributed by atoms with Gasteiger partial charge in [-0.3, -0.25) is 9.69 Å². The lowest BCUT2D eigenvalue weighted by Gasteiger charge is -2.34. The summed E-state index contributed by atoms with van der Waals surface area (Å²) in [6.07, 6.45) is 0.748. The van der Waals surface area contributed by atoms with Gasteiger partial charge < -0.3 is 14.4 Å². The van der Waals surface area contributed by atoms with Crippen molar-refractivity contribution in [1.82, 2.24) is 4.90 Å². The van der Waals surface area contributed by atoms with Crippen molar-refractivity contribution in [3.63, 3.8) is 0 Å². The molecular formula is C20H19FN2O3. The third-order valence-electron chi connectivity index (χ3n) is 5.37. The Balaban J connectivity index is 1.34. The predicted octanol–water partition coefficient (Wildman–Crippen LogP) is 2.59. The minimum atomic E-state index is -0.341. The van der Waals surface area contributed by atoms with Crippen LogP contribution in [0.2, 0.25) is 0 Å². The second-order valence-corrected chi connectivity index (χ2v) is 6.97. The molecule has 0 N–H and O–H groups in total. The summed E-state index contributed by atoms with van der Waals surface area (Å²) in [6, 6.07) is 12.3. The van der Waals surface area contributed by atoms with E-state index in [2.05, 4.69) is 4.90 Å². The van der Waals surface area contributed by atoms with Crippen molar-refractivity contribution in [1.29, 1.82) is 0 Å². The summed E-state index contributed by atoms with van der Waals surface area (Å²) in [5.41, 5.74) is 1.48. The van der Waals surface area contributed by atoms with E-state index in [1.54, 1.807) is 23.1 Å². The lowest BCUT2D eigenvalue weighted by atomic mass is 10.1. The van der Waals surface area contributed by atoms with Crippen LogP contribution in [0.15, 0.2) is 42.5 Å². The molecule has 6 heteroatoms. The number of benzene rings is 2. The van der Waals surface area contributed by atoms with Gasteiger partial charge in [-0.05, 0) is 36.2 Å². The molecule has 0 saturated carbocycles. The molecule has 2 bridgehead atoms. The number of para-hydroxylation sites is 1. The maximum Gasteiger partial charge on any atom is 0.244 e. The minimum Gasteiger partial charge on any atom is -0.486 e. The van der Waals surface area contributed by atoms with Crippen molar-refractivity contribution >= 4 is 11.6 Å². The fourth-order valence-electron chi connectivity index (χ4n) is 4.22. The highest BCUT2D eigenvalue weighted by molar-refractivity contribution is 6.01. The quantitative estimate of drug-likeness (QED) is 0.850. The van der Waals surface area contributed by atoms with Gasteiger partial charge in [-0.2, -0.15) is 0 Å². The highest BCUT2D eigenvalue weighted by Crippen LogP contribution is 2.38. The van der Waals surface area contributed by atoms with Crippen LogP contribution in [0.1, 0.15) is 12.0 Å². The number of nitrogens with zero attached hydrogens (tertiary/aromatic N) is 2. The second kappa shape index (κ2) is 5.99. The number of hydrogen-bond donors (Lipinski definition) is 0. The molecule has 2 aromatic rings. The van der Waals surface area contributed by atoms with E-state index in [0.29, 0.717) is 25.4 Å². The first-order chi connectivity index (χ1) is 12.7. The molecule has 2 aromatic carbocycles. The van der Waals surface area contributed by atoms with Gasteiger partial charge in [0, 0.05) is 13.1 Å². The van der Waals surface area contributed by atoms with Crippen molar-refractivity contribution in [2.24, 2.45) is 0 Å². The van der Waals surface area contributed by atoms with Crippen LogP contribution in [0.3, 0.4) is 0 Å². The van der Waals surface area contributed by atoms with Crippen molar-refractivity contribution in [2.75, 3.05) is 24.7 Å². The molecule has 134 valence electrons. The maximum atomic E-state index is 14.1. The van der Waals surface area contributed by atoms with Crippen molar-refractivity contribution in [3.05, 3.63) is 53.8 Å². The Morgan fingerprint density at radius 3 is 2.69 bits per heavy atom. The van der Waals surface area contributed by atoms with E-state index >= 15 is 0 Å². The Morgan fingerprint density at radius 1 is 1.08 bits per heavy atom. The van der Waals surface area contributed by atoms with Crippen LogP contribution in [0.4, 0.5) is 10.1 Å². The molecule has 5 rings (SSSR count). The molecule has 3 aliphatic heterocycles. The summed E-state index contributed by atoms with van der Waals surface area (Å²) in [5, 5.41) is 0. The topological polar surface area (TPSA) is 42.0 Å². The van der Waals surface area contributed by atoms with E-state index in [-0.39, 0.29) is 23.8 Å². The summed E-state index contributed by atoms with van der Waals surface area (Å²) in [5.74, 6) is 1.18. The van der Waals surface area contributed by atoms with Crippen LogP contribution in [0, 0.1) is 5.82 Å². The molecule has 5 nitrogen and oxygen atoms in total. The molecule has 2 fully saturated rings. The minimum absolute atomic E-state index is 0.0103. The third kappa shape index (κ3) is 2.44. The number of ether oxygens (including phenoxy) is 2. The summed E-state index contributed by atoms with van der Waals surface area (Å²) >= 11 is 0. The number of rotatable bonds is 3. The highest BCUT2D eigenvalue weighted by Gasteiger charge is 2.50. The number of carbonyl (C=O) groups is 1. The summed E-state index contributed by atoms with van der Waals surface area (Å²) < 4.78 is 25.3. The molecule has 0 radical (unpaired) electrons. The Hall–Kier alpha value is -2.60. The third-order valence-corrected chi connectivity index (χ3v) is 5.37. The normalized spacial score (nSPS) is 24.3. The van der Waals surface area contributed by atoms with Gasteiger partial charge in [0.15, 0.2) is 11.5 Å². The van der Waals surface area contributed by atoms with Crippen LogP contribution >= 0.6 is 0 Å². The molecule has 1 amide bonds. The predicted molar refractivity (Wildman–Crippen MR) is 93.9 cm³/mol. The number of fused-ring (bicyclic) bond motifs is 3. The Morgan fingerprint density at radius 2 is 1.88 bits per heavy atom. The van der Waals surface area contributed by atoms with E-state index in [1.807, 2.05) is 18.2 Å². The van der Waals surface area contributed by atoms with Crippen LogP contribution in [0.25, 0.3) is 0 Å². The van der Waals surface area contributed by atoms with Gasteiger partial charge in [0.05, 0.1) is 17.8 Å². The van der Waals surface area contributed by atoms with Gasteiger partial charge in [-0.15, -0.1) is 0 Å². The van der Waals surface area contributed by atoms with Crippen molar-refractivity contribution in [3.8, 4) is 11.5 Å². The van der Waals surface area contributed by atoms with Crippen LogP contribution in [0.5, 0.6) is 11.5 Å². The summed E-state index contributed by atoms with van der Waals surface area (Å²) in [7, 11) is 0. The smallest absolute Gasteiger partial charge is 0.244 e. The summed E-state index contributed by atoms with van der Waals surface area (Å²) in [6.45, 7) is 2.55. The van der Waals surface area contributed by atoms with Crippen LogP contribution in [-0.2, 0) is 11.3 Å². The molecular weight excluding hydrogens is 335 g/mol. The van der Waals surface area contributed by atoms with Crippen LogP contribution < -0.4 is 14.4 Å². The number of piperazine rings is 1. The summed E-state index contributed by atoms with van der Waals surface area (Å²) in [4.78, 5) is 16.6. The van der Waals surface area contributed by atoms with Crippen molar-refractivity contribution in [2.45, 2.75) is 25.0 Å². The maximum absolute atomic E-state index is 14.1. The molecule has 26 heavy (non-hydrogen) atoms. The Labute approximate surface area is 150 Å². The zero-order valence-corrected chi connectivity index (χ0v) is 14.2. The number of halogens is 1. The van der Waals surface area contributed by atoms with E-state index in [9.17, 15) is 9.18 Å². The molecule has 3 aliphatic rings. The molecule has 0 spiro atoms. The Kier molecular flexibility index (Phi) is 3.60. The van der Waals surface area contributed by atoms with Crippen LogP contribution in [-0.4, -0.2) is 42.6 Å². The molecule has 2 saturated heterocycles. The standard InChI is InChI=1S/C20H19FN2O3/c21-15-3-1-2-4-16(15)23-14-10-17(20(23)24)22(12-14)11-13-5-6-18-19(9-13)26-8-7-25-18/h1-6,9,14,17H,7-8,10-12H2/t14-,17-/m0/s1. The highest BCUT2D eigenvalue weighted by atomic mass is 19.1. The number of anilines is 1. The van der Waals surface area contributed by atoms with Gasteiger partial charge in [0.1, 0.15) is 19.0 Å². The molecule has 2 atom stereocenters. The Bertz CT molecular complexity index is 872. The lowest BCUT2D eigenvalue weighted by molar-refractivity contribution is -0.122. The monoisotopic (exact) mass is 354 g/mol. The molecule has 3 heterocycles. The molecule has 0 unspecified atom stereocenters. The zero-order valence-electron chi connectivity index (χ0n) is 14.2. The van der Waals surface area contributed by atoms with Gasteiger partial charge in [0.2, 0.25) is 5.91 Å². The lowest BCUT2D eigenvalue weighted by Crippen LogP contribution is -2.50. The second-order valence-electron chi connectivity index (χ2n) is 6.97. The number of hydrogen-bond acceptors (Lipinski definition) is 4. The van der Waals surface area contributed by atoms with E-state index < -0.39 is 0 Å². The van der Waals surface area contributed by atoms with Crippen molar-refractivity contribution < 1.29 is 18.7 Å². The largest absolute Gasteiger partial charge is 0.486 e. The fraction of sp³-hybridized carbons (Fsp3) is 0.350. The first-order valence-corrected chi connectivity index (χ1v) is 8.91. The average molecular weight is 354 g/mol. The van der Waals surface area contributed by atoms with Gasteiger partial charge >= 0.3 is 0 Å². The first-order valence-electron chi connectivity index (χ1n) is 8.91. The van der Waals surface area contributed by atoms with E-state index in [0.717, 1.165) is 30.0 Å². The van der Waals surface area contributed by atoms with Gasteiger partial charge in [0.25, 0.3) is 0 Å². The van der Waals surface area contributed by atoms with Gasteiger partial charge in [-0.25, -0.2) is 4.39 Å². The molecule has 0 aromatic heterocycles. The molecule has 0 aliphatic carbocycles. The van der Waals surface area contributed by atoms with E-state index in [4.69, 9.17) is 9.47 Å². The van der Waals surface area contributed by atoms with Gasteiger partial charge in [-0.1, -0.05) is 18.2 Å². The number of likely N-dealkylation sites (tertiary alicyclic amines) is 1. The SMILES string of the molecule is O=C1[C@@H]2C[C@@H](CN2Cc2ccc3c(c2)OCCO3)N1c1ccccc1F. The number of carbonyl (C=O) groups excluding carboxylic acids is 1.